The molecule has 1 amide bonds. The Kier molecular flexibility index (Phi) is 5.24. The summed E-state index contributed by atoms with van der Waals surface area (Å²) in [6.45, 7) is 5.29. The van der Waals surface area contributed by atoms with Crippen LogP contribution in [-0.2, 0) is 4.74 Å². The molecule has 6 nitrogen and oxygen atoms in total. The number of fused-ring (bicyclic) bond motifs is 1. The standard InChI is InChI=1S/C18H24N4O2S/c23-18(14-2-3-16-17(10-14)20-13-19-16)22-4-1-9-25-12-15(22)11-21-5-7-24-8-6-21/h2-3,10,13,15H,1,4-9,11-12H2,(H,19,20). The lowest BCUT2D eigenvalue weighted by atomic mass is 10.1. The number of aromatic nitrogens is 2. The van der Waals surface area contributed by atoms with E-state index in [0.717, 1.165) is 73.9 Å². The van der Waals surface area contributed by atoms with E-state index in [9.17, 15) is 4.79 Å². The van der Waals surface area contributed by atoms with E-state index < -0.39 is 0 Å². The molecule has 3 heterocycles. The summed E-state index contributed by atoms with van der Waals surface area (Å²) < 4.78 is 5.45. The van der Waals surface area contributed by atoms with Crippen LogP contribution in [0.4, 0.5) is 0 Å². The van der Waals surface area contributed by atoms with Crippen molar-refractivity contribution in [1.29, 1.82) is 0 Å². The molecule has 0 radical (unpaired) electrons. The molecule has 2 aliphatic heterocycles. The van der Waals surface area contributed by atoms with Gasteiger partial charge in [-0.25, -0.2) is 4.98 Å². The Balaban J connectivity index is 1.53. The first-order chi connectivity index (χ1) is 12.3. The predicted octanol–water partition coefficient (Wildman–Crippen LogP) is 1.84. The van der Waals surface area contributed by atoms with Crippen LogP contribution in [-0.4, -0.2) is 82.6 Å². The zero-order valence-corrected chi connectivity index (χ0v) is 15.1. The summed E-state index contributed by atoms with van der Waals surface area (Å²) in [7, 11) is 0. The van der Waals surface area contributed by atoms with Crippen molar-refractivity contribution in [3.05, 3.63) is 30.1 Å². The number of nitrogens with zero attached hydrogens (tertiary/aromatic N) is 3. The SMILES string of the molecule is O=C(c1ccc2nc[nH]c2c1)N1CCCSCC1CN1CCOCC1. The smallest absolute Gasteiger partial charge is 0.254 e. The van der Waals surface area contributed by atoms with Crippen molar-refractivity contribution < 1.29 is 9.53 Å². The number of thioether (sulfide) groups is 1. The molecular formula is C18H24N4O2S. The lowest BCUT2D eigenvalue weighted by molar-refractivity contribution is 0.0245. The van der Waals surface area contributed by atoms with Crippen LogP contribution >= 0.6 is 11.8 Å². The first-order valence-electron chi connectivity index (χ1n) is 8.93. The maximum atomic E-state index is 13.2. The summed E-state index contributed by atoms with van der Waals surface area (Å²) in [6.07, 6.45) is 2.73. The summed E-state index contributed by atoms with van der Waals surface area (Å²) in [5, 5.41) is 0. The number of carbonyl (C=O) groups is 1. The summed E-state index contributed by atoms with van der Waals surface area (Å²) in [6, 6.07) is 6.00. The van der Waals surface area contributed by atoms with E-state index in [1.54, 1.807) is 6.33 Å². The highest BCUT2D eigenvalue weighted by atomic mass is 32.2. The van der Waals surface area contributed by atoms with Crippen LogP contribution < -0.4 is 0 Å². The third-order valence-corrected chi connectivity index (χ3v) is 6.14. The number of imidazole rings is 1. The third-order valence-electron chi connectivity index (χ3n) is 4.94. The van der Waals surface area contributed by atoms with Gasteiger partial charge in [0.15, 0.2) is 0 Å². The molecular weight excluding hydrogens is 336 g/mol. The first kappa shape index (κ1) is 16.9. The summed E-state index contributed by atoms with van der Waals surface area (Å²) >= 11 is 1.96. The highest BCUT2D eigenvalue weighted by Gasteiger charge is 2.28. The van der Waals surface area contributed by atoms with Crippen LogP contribution in [0.1, 0.15) is 16.8 Å². The lowest BCUT2D eigenvalue weighted by Gasteiger charge is -2.35. The van der Waals surface area contributed by atoms with Gasteiger partial charge in [-0.05, 0) is 30.4 Å². The van der Waals surface area contributed by atoms with Crippen molar-refractivity contribution in [2.75, 3.05) is 50.9 Å². The zero-order chi connectivity index (χ0) is 17.1. The summed E-state index contributed by atoms with van der Waals surface area (Å²) in [5.74, 6) is 2.27. The van der Waals surface area contributed by atoms with E-state index in [1.165, 1.54) is 0 Å². The van der Waals surface area contributed by atoms with Crippen molar-refractivity contribution in [3.8, 4) is 0 Å². The lowest BCUT2D eigenvalue weighted by Crippen LogP contribution is -2.50. The monoisotopic (exact) mass is 360 g/mol. The van der Waals surface area contributed by atoms with E-state index in [4.69, 9.17) is 4.74 Å². The van der Waals surface area contributed by atoms with Crippen molar-refractivity contribution in [1.82, 2.24) is 19.8 Å². The summed E-state index contributed by atoms with van der Waals surface area (Å²) in [4.78, 5) is 25.1. The second kappa shape index (κ2) is 7.76. The van der Waals surface area contributed by atoms with Crippen LogP contribution in [0, 0.1) is 0 Å². The van der Waals surface area contributed by atoms with E-state index in [2.05, 4.69) is 19.8 Å². The van der Waals surface area contributed by atoms with Gasteiger partial charge in [0.2, 0.25) is 0 Å². The molecule has 1 aromatic heterocycles. The van der Waals surface area contributed by atoms with Gasteiger partial charge in [-0.1, -0.05) is 0 Å². The molecule has 7 heteroatoms. The van der Waals surface area contributed by atoms with Gasteiger partial charge in [0, 0.05) is 37.5 Å². The number of nitrogens with one attached hydrogen (secondary N) is 1. The van der Waals surface area contributed by atoms with Gasteiger partial charge in [0.1, 0.15) is 0 Å². The summed E-state index contributed by atoms with van der Waals surface area (Å²) in [5.41, 5.74) is 2.56. The topological polar surface area (TPSA) is 61.5 Å². The molecule has 2 aromatic rings. The average Bonchev–Trinajstić information content (AvgIpc) is 3.00. The highest BCUT2D eigenvalue weighted by Crippen LogP contribution is 2.21. The Morgan fingerprint density at radius 3 is 3.08 bits per heavy atom. The Hall–Kier alpha value is -1.57. The number of hydrogen-bond donors (Lipinski definition) is 1. The van der Waals surface area contributed by atoms with Crippen molar-refractivity contribution in [3.63, 3.8) is 0 Å². The van der Waals surface area contributed by atoms with Gasteiger partial charge in [0.25, 0.3) is 5.91 Å². The Morgan fingerprint density at radius 2 is 2.20 bits per heavy atom. The van der Waals surface area contributed by atoms with Crippen molar-refractivity contribution in [2.45, 2.75) is 12.5 Å². The molecule has 134 valence electrons. The van der Waals surface area contributed by atoms with Crippen LogP contribution in [0.3, 0.4) is 0 Å². The van der Waals surface area contributed by atoms with Crippen LogP contribution in [0.25, 0.3) is 11.0 Å². The Bertz CT molecular complexity index is 729. The molecule has 1 unspecified atom stereocenters. The molecule has 0 spiro atoms. The number of ether oxygens (including phenoxy) is 1. The van der Waals surface area contributed by atoms with Crippen LogP contribution in [0.15, 0.2) is 24.5 Å². The molecule has 25 heavy (non-hydrogen) atoms. The number of H-pyrrole nitrogens is 1. The van der Waals surface area contributed by atoms with E-state index >= 15 is 0 Å². The normalized spacial score (nSPS) is 22.9. The third kappa shape index (κ3) is 3.83. The largest absolute Gasteiger partial charge is 0.379 e. The van der Waals surface area contributed by atoms with E-state index in [0.29, 0.717) is 0 Å². The second-order valence-electron chi connectivity index (χ2n) is 6.63. The minimum atomic E-state index is 0.136. The molecule has 2 aliphatic rings. The molecule has 1 aromatic carbocycles. The van der Waals surface area contributed by atoms with E-state index in [1.807, 2.05) is 30.0 Å². The number of morpholine rings is 1. The second-order valence-corrected chi connectivity index (χ2v) is 7.78. The van der Waals surface area contributed by atoms with Gasteiger partial charge in [-0.15, -0.1) is 0 Å². The molecule has 4 rings (SSSR count). The molecule has 0 saturated carbocycles. The highest BCUT2D eigenvalue weighted by molar-refractivity contribution is 7.99. The minimum Gasteiger partial charge on any atom is -0.379 e. The number of benzene rings is 1. The maximum absolute atomic E-state index is 13.2. The van der Waals surface area contributed by atoms with Crippen LogP contribution in [0.5, 0.6) is 0 Å². The quantitative estimate of drug-likeness (QED) is 0.905. The minimum absolute atomic E-state index is 0.136. The van der Waals surface area contributed by atoms with Crippen molar-refractivity contribution >= 4 is 28.7 Å². The molecule has 2 saturated heterocycles. The fraction of sp³-hybridized carbons (Fsp3) is 0.556. The van der Waals surface area contributed by atoms with Crippen molar-refractivity contribution in [2.24, 2.45) is 0 Å². The Morgan fingerprint density at radius 1 is 1.32 bits per heavy atom. The predicted molar refractivity (Wildman–Crippen MR) is 100 cm³/mol. The number of hydrogen-bond acceptors (Lipinski definition) is 5. The molecule has 0 aliphatic carbocycles. The number of rotatable bonds is 3. The van der Waals surface area contributed by atoms with Gasteiger partial charge in [-0.3, -0.25) is 9.69 Å². The molecule has 1 atom stereocenters. The average molecular weight is 360 g/mol. The number of amides is 1. The van der Waals surface area contributed by atoms with Gasteiger partial charge in [0.05, 0.1) is 36.6 Å². The Labute approximate surface area is 151 Å². The fourth-order valence-corrected chi connectivity index (χ4v) is 4.62. The van der Waals surface area contributed by atoms with E-state index in [-0.39, 0.29) is 11.9 Å². The van der Waals surface area contributed by atoms with Crippen LogP contribution in [0.2, 0.25) is 0 Å². The zero-order valence-electron chi connectivity index (χ0n) is 14.3. The fourth-order valence-electron chi connectivity index (χ4n) is 3.56. The van der Waals surface area contributed by atoms with Gasteiger partial charge < -0.3 is 14.6 Å². The molecule has 2 fully saturated rings. The molecule has 1 N–H and O–H groups in total. The molecule has 0 bridgehead atoms. The number of carbonyl (C=O) groups excluding carboxylic acids is 1. The van der Waals surface area contributed by atoms with Gasteiger partial charge >= 0.3 is 0 Å². The maximum Gasteiger partial charge on any atom is 0.254 e. The van der Waals surface area contributed by atoms with Gasteiger partial charge in [-0.2, -0.15) is 11.8 Å². The first-order valence-corrected chi connectivity index (χ1v) is 10.1. The number of aromatic amines is 1.